The Labute approximate surface area is 112 Å². The van der Waals surface area contributed by atoms with Gasteiger partial charge in [-0.1, -0.05) is 12.8 Å². The van der Waals surface area contributed by atoms with E-state index in [1.807, 2.05) is 6.92 Å². The topological polar surface area (TPSA) is 32.3 Å². The summed E-state index contributed by atoms with van der Waals surface area (Å²) in [5, 5.41) is 3.45. The first-order valence-electron chi connectivity index (χ1n) is 6.81. The number of nitrogens with one attached hydrogen (secondary N) is 1. The zero-order valence-electron chi connectivity index (χ0n) is 11.0. The lowest BCUT2D eigenvalue weighted by molar-refractivity contribution is -0.132. The van der Waals surface area contributed by atoms with Crippen molar-refractivity contribution >= 4 is 17.2 Å². The van der Waals surface area contributed by atoms with E-state index in [2.05, 4.69) is 29.3 Å². The monoisotopic (exact) mass is 264 g/mol. The predicted octanol–water partition coefficient (Wildman–Crippen LogP) is 2.82. The van der Waals surface area contributed by atoms with Gasteiger partial charge < -0.3 is 4.90 Å². The summed E-state index contributed by atoms with van der Waals surface area (Å²) in [6.07, 6.45) is 4.97. The minimum atomic E-state index is -0.0435. The summed E-state index contributed by atoms with van der Waals surface area (Å²) < 4.78 is 0. The number of thiophene rings is 1. The quantitative estimate of drug-likeness (QED) is 0.891. The Morgan fingerprint density at radius 3 is 2.67 bits per heavy atom. The van der Waals surface area contributed by atoms with E-state index >= 15 is 0 Å². The largest absolute Gasteiger partial charge is 0.318 e. The third-order valence-corrected chi connectivity index (χ3v) is 5.11. The van der Waals surface area contributed by atoms with Gasteiger partial charge in [0.15, 0.2) is 0 Å². The second-order valence-corrected chi connectivity index (χ2v) is 6.74. The molecule has 2 unspecified atom stereocenters. The molecule has 18 heavy (non-hydrogen) atoms. The number of aryl methyl sites for hydroxylation is 1. The molecule has 1 aromatic heterocycles. The summed E-state index contributed by atoms with van der Waals surface area (Å²) in [7, 11) is 0. The van der Waals surface area contributed by atoms with Crippen molar-refractivity contribution in [3.05, 3.63) is 21.9 Å². The van der Waals surface area contributed by atoms with Crippen LogP contribution in [0.1, 0.15) is 48.5 Å². The third kappa shape index (κ3) is 1.97. The van der Waals surface area contributed by atoms with Crippen molar-refractivity contribution < 1.29 is 4.79 Å². The molecule has 1 aliphatic heterocycles. The van der Waals surface area contributed by atoms with Crippen LogP contribution in [0.2, 0.25) is 0 Å². The molecule has 1 saturated heterocycles. The van der Waals surface area contributed by atoms with Gasteiger partial charge in [-0.25, -0.2) is 0 Å². The minimum absolute atomic E-state index is 0.0435. The molecule has 2 atom stereocenters. The van der Waals surface area contributed by atoms with Crippen LogP contribution in [0.3, 0.4) is 0 Å². The Balaban J connectivity index is 1.89. The molecule has 3 nitrogen and oxygen atoms in total. The molecule has 1 amide bonds. The minimum Gasteiger partial charge on any atom is -0.318 e. The standard InChI is InChI=1S/C14H20N2OS/c1-9-7-8-12(18-9)13-15-10(2)14(17)16(13)11-5-3-4-6-11/h7-8,10-11,13,15H,3-6H2,1-2H3. The highest BCUT2D eigenvalue weighted by atomic mass is 32.1. The van der Waals surface area contributed by atoms with Gasteiger partial charge in [-0.3, -0.25) is 10.1 Å². The molecule has 0 bridgehead atoms. The second-order valence-electron chi connectivity index (χ2n) is 5.42. The van der Waals surface area contributed by atoms with E-state index in [0.29, 0.717) is 6.04 Å². The van der Waals surface area contributed by atoms with Gasteiger partial charge in [0, 0.05) is 15.8 Å². The Morgan fingerprint density at radius 2 is 2.06 bits per heavy atom. The van der Waals surface area contributed by atoms with Crippen LogP contribution in [-0.4, -0.2) is 22.9 Å². The molecule has 1 aliphatic carbocycles. The average molecular weight is 264 g/mol. The Bertz CT molecular complexity index is 450. The van der Waals surface area contributed by atoms with E-state index in [1.54, 1.807) is 11.3 Å². The summed E-state index contributed by atoms with van der Waals surface area (Å²) in [5.74, 6) is 0.276. The van der Waals surface area contributed by atoms with Crippen LogP contribution in [0, 0.1) is 6.92 Å². The van der Waals surface area contributed by atoms with Crippen LogP contribution in [0.25, 0.3) is 0 Å². The van der Waals surface area contributed by atoms with E-state index in [1.165, 1.54) is 35.4 Å². The summed E-state index contributed by atoms with van der Waals surface area (Å²) in [6.45, 7) is 4.10. The maximum absolute atomic E-state index is 12.4. The second kappa shape index (κ2) is 4.67. The van der Waals surface area contributed by atoms with Gasteiger partial charge in [0.05, 0.1) is 6.04 Å². The lowest BCUT2D eigenvalue weighted by Crippen LogP contribution is -2.38. The lowest BCUT2D eigenvalue weighted by atomic mass is 10.2. The highest BCUT2D eigenvalue weighted by Crippen LogP contribution is 2.36. The normalized spacial score (nSPS) is 29.4. The first-order valence-corrected chi connectivity index (χ1v) is 7.63. The number of carbonyl (C=O) groups excluding carboxylic acids is 1. The van der Waals surface area contributed by atoms with Crippen LogP contribution in [-0.2, 0) is 4.79 Å². The molecule has 2 aliphatic rings. The molecule has 1 N–H and O–H groups in total. The van der Waals surface area contributed by atoms with Crippen molar-refractivity contribution in [3.63, 3.8) is 0 Å². The lowest BCUT2D eigenvalue weighted by Gasteiger charge is -2.29. The number of carbonyl (C=O) groups is 1. The number of amides is 1. The number of rotatable bonds is 2. The summed E-state index contributed by atoms with van der Waals surface area (Å²) in [4.78, 5) is 17.1. The fraction of sp³-hybridized carbons (Fsp3) is 0.643. The van der Waals surface area contributed by atoms with E-state index in [9.17, 15) is 4.79 Å². The number of nitrogens with zero attached hydrogens (tertiary/aromatic N) is 1. The van der Waals surface area contributed by atoms with Crippen LogP contribution in [0.5, 0.6) is 0 Å². The SMILES string of the molecule is Cc1ccc(C2NC(C)C(=O)N2C2CCCC2)s1. The Kier molecular flexibility index (Phi) is 3.16. The summed E-state index contributed by atoms with van der Waals surface area (Å²) in [5.41, 5.74) is 0. The Hall–Kier alpha value is -0.870. The fourth-order valence-corrected chi connectivity index (χ4v) is 4.07. The van der Waals surface area contributed by atoms with Crippen LogP contribution >= 0.6 is 11.3 Å². The van der Waals surface area contributed by atoms with Gasteiger partial charge in [0.1, 0.15) is 6.17 Å². The van der Waals surface area contributed by atoms with E-state index in [4.69, 9.17) is 0 Å². The van der Waals surface area contributed by atoms with Crippen LogP contribution in [0.15, 0.2) is 12.1 Å². The fourth-order valence-electron chi connectivity index (χ4n) is 3.13. The van der Waals surface area contributed by atoms with Gasteiger partial charge in [0.2, 0.25) is 5.91 Å². The summed E-state index contributed by atoms with van der Waals surface area (Å²) >= 11 is 1.80. The van der Waals surface area contributed by atoms with Crippen LogP contribution in [0.4, 0.5) is 0 Å². The Morgan fingerprint density at radius 1 is 1.33 bits per heavy atom. The predicted molar refractivity (Wildman–Crippen MR) is 73.5 cm³/mol. The van der Waals surface area contributed by atoms with Crippen molar-refractivity contribution in [2.24, 2.45) is 0 Å². The maximum Gasteiger partial charge on any atom is 0.241 e. The third-order valence-electron chi connectivity index (χ3n) is 4.06. The molecule has 98 valence electrons. The highest BCUT2D eigenvalue weighted by Gasteiger charge is 2.42. The first kappa shape index (κ1) is 12.2. The van der Waals surface area contributed by atoms with Gasteiger partial charge in [-0.2, -0.15) is 0 Å². The molecule has 4 heteroatoms. The van der Waals surface area contributed by atoms with Gasteiger partial charge in [-0.05, 0) is 38.8 Å². The molecule has 1 saturated carbocycles. The van der Waals surface area contributed by atoms with Crippen molar-refractivity contribution in [2.45, 2.75) is 57.8 Å². The molecule has 3 rings (SSSR count). The first-order chi connectivity index (χ1) is 8.66. The molecule has 0 aromatic carbocycles. The number of hydrogen-bond donors (Lipinski definition) is 1. The summed E-state index contributed by atoms with van der Waals surface area (Å²) in [6, 6.07) is 4.70. The van der Waals surface area contributed by atoms with E-state index in [-0.39, 0.29) is 18.1 Å². The molecular formula is C14H20N2OS. The molecule has 2 fully saturated rings. The number of hydrogen-bond acceptors (Lipinski definition) is 3. The van der Waals surface area contributed by atoms with E-state index < -0.39 is 0 Å². The van der Waals surface area contributed by atoms with Gasteiger partial charge >= 0.3 is 0 Å². The zero-order valence-corrected chi connectivity index (χ0v) is 11.8. The van der Waals surface area contributed by atoms with Crippen molar-refractivity contribution in [3.8, 4) is 0 Å². The smallest absolute Gasteiger partial charge is 0.241 e. The average Bonchev–Trinajstić information content (AvgIpc) is 3.02. The van der Waals surface area contributed by atoms with Gasteiger partial charge in [-0.15, -0.1) is 11.3 Å². The van der Waals surface area contributed by atoms with E-state index in [0.717, 1.165) is 0 Å². The molecule has 2 heterocycles. The van der Waals surface area contributed by atoms with Crippen LogP contribution < -0.4 is 5.32 Å². The molecular weight excluding hydrogens is 244 g/mol. The highest BCUT2D eigenvalue weighted by molar-refractivity contribution is 7.12. The van der Waals surface area contributed by atoms with Crippen molar-refractivity contribution in [1.29, 1.82) is 0 Å². The zero-order chi connectivity index (χ0) is 12.7. The van der Waals surface area contributed by atoms with Crippen molar-refractivity contribution in [2.75, 3.05) is 0 Å². The van der Waals surface area contributed by atoms with Crippen molar-refractivity contribution in [1.82, 2.24) is 10.2 Å². The molecule has 1 aromatic rings. The molecule has 0 spiro atoms. The maximum atomic E-state index is 12.4. The molecule has 0 radical (unpaired) electrons. The van der Waals surface area contributed by atoms with Gasteiger partial charge in [0.25, 0.3) is 0 Å².